The second kappa shape index (κ2) is 9.49. The zero-order chi connectivity index (χ0) is 21.7. The zero-order valence-corrected chi connectivity index (χ0v) is 18.3. The van der Waals surface area contributed by atoms with E-state index in [4.69, 9.17) is 9.47 Å². The van der Waals surface area contributed by atoms with Gasteiger partial charge in [-0.1, -0.05) is 25.3 Å². The number of aryl methyl sites for hydroxylation is 1. The maximum Gasteiger partial charge on any atom is 0.255 e. The quantitative estimate of drug-likeness (QED) is 0.693. The van der Waals surface area contributed by atoms with E-state index in [1.54, 1.807) is 12.1 Å². The largest absolute Gasteiger partial charge is 0.495 e. The minimum Gasteiger partial charge on any atom is -0.495 e. The van der Waals surface area contributed by atoms with Crippen molar-refractivity contribution in [3.05, 3.63) is 47.5 Å². The molecule has 3 rings (SSSR count). The van der Waals surface area contributed by atoms with Crippen LogP contribution < -0.4 is 19.5 Å². The van der Waals surface area contributed by atoms with Crippen molar-refractivity contribution < 1.29 is 22.7 Å². The van der Waals surface area contributed by atoms with Gasteiger partial charge in [0, 0.05) is 11.6 Å². The van der Waals surface area contributed by atoms with Crippen LogP contribution in [0.15, 0.2) is 41.3 Å². The lowest BCUT2D eigenvalue weighted by Crippen LogP contribution is -2.36. The first kappa shape index (κ1) is 22.1. The van der Waals surface area contributed by atoms with Crippen LogP contribution in [0.1, 0.15) is 48.0 Å². The fraction of sp³-hybridized carbons (Fsp3) is 0.409. The highest BCUT2D eigenvalue weighted by Crippen LogP contribution is 2.29. The second-order valence-electron chi connectivity index (χ2n) is 7.48. The molecule has 0 atom stereocenters. The van der Waals surface area contributed by atoms with Crippen LogP contribution in [0.25, 0.3) is 0 Å². The van der Waals surface area contributed by atoms with Gasteiger partial charge in [0.2, 0.25) is 10.0 Å². The van der Waals surface area contributed by atoms with E-state index in [2.05, 4.69) is 10.0 Å². The standard InChI is InChI=1S/C22H28N2O5S/c1-15-9-11-19(28-2)18(13-15)23-22(25)16-10-12-20(29-3)21(14-16)30(26,27)24-17-7-5-4-6-8-17/h9-14,17,24H,4-8H2,1-3H3,(H,23,25). The Morgan fingerprint density at radius 3 is 2.30 bits per heavy atom. The smallest absolute Gasteiger partial charge is 0.255 e. The lowest BCUT2D eigenvalue weighted by atomic mass is 9.96. The first-order valence-corrected chi connectivity index (χ1v) is 11.5. The van der Waals surface area contributed by atoms with Gasteiger partial charge in [0.25, 0.3) is 5.91 Å². The SMILES string of the molecule is COc1ccc(C)cc1NC(=O)c1ccc(OC)c(S(=O)(=O)NC2CCCCC2)c1. The lowest BCUT2D eigenvalue weighted by molar-refractivity contribution is 0.102. The van der Waals surface area contributed by atoms with Crippen LogP contribution in [0, 0.1) is 6.92 Å². The topological polar surface area (TPSA) is 93.7 Å². The maximum absolute atomic E-state index is 13.0. The van der Waals surface area contributed by atoms with Crippen molar-refractivity contribution in [2.45, 2.75) is 50.0 Å². The summed E-state index contributed by atoms with van der Waals surface area (Å²) in [5.41, 5.74) is 1.69. The number of carbonyl (C=O) groups excluding carboxylic acids is 1. The second-order valence-corrected chi connectivity index (χ2v) is 9.16. The minimum atomic E-state index is -3.83. The molecule has 162 valence electrons. The number of anilines is 1. The summed E-state index contributed by atoms with van der Waals surface area (Å²) in [6, 6.07) is 9.73. The summed E-state index contributed by atoms with van der Waals surface area (Å²) in [6.45, 7) is 1.91. The number of hydrogen-bond acceptors (Lipinski definition) is 5. The Balaban J connectivity index is 1.88. The van der Waals surface area contributed by atoms with Crippen molar-refractivity contribution in [2.75, 3.05) is 19.5 Å². The Morgan fingerprint density at radius 2 is 1.63 bits per heavy atom. The van der Waals surface area contributed by atoms with Gasteiger partial charge >= 0.3 is 0 Å². The summed E-state index contributed by atoms with van der Waals surface area (Å²) in [5, 5.41) is 2.80. The molecule has 1 amide bonds. The molecule has 30 heavy (non-hydrogen) atoms. The van der Waals surface area contributed by atoms with Crippen LogP contribution in [-0.2, 0) is 10.0 Å². The molecule has 0 bridgehead atoms. The number of rotatable bonds is 7. The number of amides is 1. The van der Waals surface area contributed by atoms with Gasteiger partial charge in [-0.2, -0.15) is 0 Å². The molecule has 2 N–H and O–H groups in total. The van der Waals surface area contributed by atoms with E-state index in [-0.39, 0.29) is 22.3 Å². The molecule has 0 unspecified atom stereocenters. The number of methoxy groups -OCH3 is 2. The predicted octanol–water partition coefficient (Wildman–Crippen LogP) is 3.88. The summed E-state index contributed by atoms with van der Waals surface area (Å²) >= 11 is 0. The average molecular weight is 433 g/mol. The van der Waals surface area contributed by atoms with Crippen molar-refractivity contribution in [1.82, 2.24) is 4.72 Å². The third kappa shape index (κ3) is 5.12. The molecule has 1 aliphatic carbocycles. The first-order chi connectivity index (χ1) is 14.3. The van der Waals surface area contributed by atoms with Crippen molar-refractivity contribution in [2.24, 2.45) is 0 Å². The molecule has 1 saturated carbocycles. The molecule has 0 radical (unpaired) electrons. The molecule has 0 heterocycles. The molecule has 0 spiro atoms. The van der Waals surface area contributed by atoms with Crippen molar-refractivity contribution in [1.29, 1.82) is 0 Å². The molecule has 7 nitrogen and oxygen atoms in total. The van der Waals surface area contributed by atoms with Crippen LogP contribution in [0.3, 0.4) is 0 Å². The van der Waals surface area contributed by atoms with Crippen molar-refractivity contribution >= 4 is 21.6 Å². The maximum atomic E-state index is 13.0. The van der Waals surface area contributed by atoms with Gasteiger partial charge < -0.3 is 14.8 Å². The fourth-order valence-corrected chi connectivity index (χ4v) is 5.15. The molecule has 0 aromatic heterocycles. The Kier molecular flexibility index (Phi) is 6.99. The first-order valence-electron chi connectivity index (χ1n) is 10.0. The Labute approximate surface area is 177 Å². The molecule has 2 aromatic rings. The third-order valence-corrected chi connectivity index (χ3v) is 6.79. The van der Waals surface area contributed by atoms with E-state index >= 15 is 0 Å². The number of nitrogens with one attached hydrogen (secondary N) is 2. The monoisotopic (exact) mass is 432 g/mol. The third-order valence-electron chi connectivity index (χ3n) is 5.25. The van der Waals surface area contributed by atoms with Crippen molar-refractivity contribution in [3.63, 3.8) is 0 Å². The van der Waals surface area contributed by atoms with E-state index in [1.165, 1.54) is 32.4 Å². The highest BCUT2D eigenvalue weighted by molar-refractivity contribution is 7.89. The Bertz CT molecular complexity index is 1010. The normalized spacial score (nSPS) is 14.9. The molecule has 0 saturated heterocycles. The van der Waals surface area contributed by atoms with E-state index in [1.807, 2.05) is 13.0 Å². The van der Waals surface area contributed by atoms with Crippen LogP contribution in [0.4, 0.5) is 5.69 Å². The molecule has 1 fully saturated rings. The van der Waals surface area contributed by atoms with Gasteiger partial charge in [-0.25, -0.2) is 13.1 Å². The zero-order valence-electron chi connectivity index (χ0n) is 17.5. The van der Waals surface area contributed by atoms with Gasteiger partial charge in [-0.3, -0.25) is 4.79 Å². The number of hydrogen-bond donors (Lipinski definition) is 2. The van der Waals surface area contributed by atoms with Gasteiger partial charge in [-0.05, 0) is 55.7 Å². The molecule has 1 aliphatic rings. The lowest BCUT2D eigenvalue weighted by Gasteiger charge is -2.23. The summed E-state index contributed by atoms with van der Waals surface area (Å²) < 4.78 is 39.4. The molecular weight excluding hydrogens is 404 g/mol. The van der Waals surface area contributed by atoms with Gasteiger partial charge in [0.05, 0.1) is 19.9 Å². The minimum absolute atomic E-state index is 0.0422. The van der Waals surface area contributed by atoms with Crippen LogP contribution in [-0.4, -0.2) is 34.6 Å². The molecular formula is C22H28N2O5S. The molecule has 2 aromatic carbocycles. The van der Waals surface area contributed by atoms with E-state index in [9.17, 15) is 13.2 Å². The molecule has 0 aliphatic heterocycles. The number of ether oxygens (including phenoxy) is 2. The molecule has 8 heteroatoms. The Morgan fingerprint density at radius 1 is 0.967 bits per heavy atom. The Hall–Kier alpha value is -2.58. The van der Waals surface area contributed by atoms with Crippen LogP contribution in [0.2, 0.25) is 0 Å². The average Bonchev–Trinajstić information content (AvgIpc) is 2.74. The predicted molar refractivity (Wildman–Crippen MR) is 116 cm³/mol. The van der Waals surface area contributed by atoms with Gasteiger partial charge in [0.15, 0.2) is 0 Å². The van der Waals surface area contributed by atoms with Crippen LogP contribution in [0.5, 0.6) is 11.5 Å². The fourth-order valence-electron chi connectivity index (χ4n) is 3.65. The number of benzene rings is 2. The summed E-state index contributed by atoms with van der Waals surface area (Å²) in [4.78, 5) is 12.8. The number of carbonyl (C=O) groups is 1. The van der Waals surface area contributed by atoms with Crippen LogP contribution >= 0.6 is 0 Å². The van der Waals surface area contributed by atoms with Gasteiger partial charge in [-0.15, -0.1) is 0 Å². The summed E-state index contributed by atoms with van der Waals surface area (Å²) in [6.07, 6.45) is 4.76. The highest BCUT2D eigenvalue weighted by Gasteiger charge is 2.26. The van der Waals surface area contributed by atoms with E-state index in [0.29, 0.717) is 11.4 Å². The summed E-state index contributed by atoms with van der Waals surface area (Å²) in [7, 11) is -0.899. The van der Waals surface area contributed by atoms with Gasteiger partial charge in [0.1, 0.15) is 16.4 Å². The number of sulfonamides is 1. The van der Waals surface area contributed by atoms with E-state index < -0.39 is 15.9 Å². The van der Waals surface area contributed by atoms with Crippen molar-refractivity contribution in [3.8, 4) is 11.5 Å². The van der Waals surface area contributed by atoms with E-state index in [0.717, 1.165) is 37.7 Å². The highest BCUT2D eigenvalue weighted by atomic mass is 32.2. The summed E-state index contributed by atoms with van der Waals surface area (Å²) in [5.74, 6) is 0.285.